The molecule has 100 valence electrons. The summed E-state index contributed by atoms with van der Waals surface area (Å²) in [6.45, 7) is 2.62. The second kappa shape index (κ2) is 4.93. The molecule has 1 amide bonds. The highest BCUT2D eigenvalue weighted by atomic mass is 35.7. The van der Waals surface area contributed by atoms with E-state index in [0.717, 1.165) is 5.76 Å². The van der Waals surface area contributed by atoms with Crippen LogP contribution in [0.25, 0.3) is 0 Å². The Labute approximate surface area is 110 Å². The number of carbonyl (C=O) groups is 1. The molecule has 0 bridgehead atoms. The molecule has 2 heterocycles. The van der Waals surface area contributed by atoms with Crippen LogP contribution in [0.4, 0.5) is 0 Å². The van der Waals surface area contributed by atoms with Crippen molar-refractivity contribution in [1.82, 2.24) is 4.90 Å². The number of likely N-dealkylation sites (tertiary alicyclic amines) is 1. The molecular formula is C11H14ClNO4S. The molecule has 1 fully saturated rings. The molecule has 5 nitrogen and oxygen atoms in total. The Kier molecular flexibility index (Phi) is 3.68. The summed E-state index contributed by atoms with van der Waals surface area (Å²) in [7, 11) is 1.64. The molecule has 0 aliphatic carbocycles. The van der Waals surface area contributed by atoms with Crippen LogP contribution in [-0.2, 0) is 20.4 Å². The SMILES string of the molecule is Cc1ccc(CN2CC(CS(=O)(=O)Cl)CC2=O)o1. The number of hydrogen-bond acceptors (Lipinski definition) is 4. The third-order valence-electron chi connectivity index (χ3n) is 2.87. The molecule has 2 rings (SSSR count). The zero-order valence-electron chi connectivity index (χ0n) is 9.93. The molecule has 0 aromatic carbocycles. The van der Waals surface area contributed by atoms with Crippen molar-refractivity contribution < 1.29 is 17.6 Å². The average Bonchev–Trinajstić information content (AvgIpc) is 2.73. The highest BCUT2D eigenvalue weighted by Gasteiger charge is 2.32. The minimum atomic E-state index is -3.55. The van der Waals surface area contributed by atoms with E-state index in [2.05, 4.69) is 0 Å². The summed E-state index contributed by atoms with van der Waals surface area (Å²) in [5.74, 6) is 1.05. The van der Waals surface area contributed by atoms with Crippen molar-refractivity contribution in [1.29, 1.82) is 0 Å². The number of amides is 1. The van der Waals surface area contributed by atoms with Gasteiger partial charge in [-0.3, -0.25) is 4.79 Å². The van der Waals surface area contributed by atoms with Gasteiger partial charge in [0.2, 0.25) is 15.0 Å². The van der Waals surface area contributed by atoms with Crippen molar-refractivity contribution in [2.45, 2.75) is 19.9 Å². The number of nitrogens with zero attached hydrogens (tertiary/aromatic N) is 1. The van der Waals surface area contributed by atoms with Crippen molar-refractivity contribution in [2.75, 3.05) is 12.3 Å². The fourth-order valence-corrected chi connectivity index (χ4v) is 3.48. The number of furan rings is 1. The third-order valence-corrected chi connectivity index (χ3v) is 4.12. The van der Waals surface area contributed by atoms with Gasteiger partial charge in [-0.05, 0) is 19.1 Å². The summed E-state index contributed by atoms with van der Waals surface area (Å²) in [5.41, 5.74) is 0. The van der Waals surface area contributed by atoms with E-state index in [1.54, 1.807) is 4.90 Å². The van der Waals surface area contributed by atoms with E-state index in [9.17, 15) is 13.2 Å². The van der Waals surface area contributed by atoms with Gasteiger partial charge < -0.3 is 9.32 Å². The van der Waals surface area contributed by atoms with Gasteiger partial charge in [0.25, 0.3) is 0 Å². The lowest BCUT2D eigenvalue weighted by molar-refractivity contribution is -0.128. The number of aryl methyl sites for hydroxylation is 1. The molecule has 0 N–H and O–H groups in total. The van der Waals surface area contributed by atoms with Gasteiger partial charge in [-0.15, -0.1) is 0 Å². The second-order valence-corrected chi connectivity index (χ2v) is 7.38. The lowest BCUT2D eigenvalue weighted by Crippen LogP contribution is -2.25. The smallest absolute Gasteiger partial charge is 0.232 e. The van der Waals surface area contributed by atoms with Gasteiger partial charge in [0.1, 0.15) is 11.5 Å². The molecule has 1 aromatic heterocycles. The van der Waals surface area contributed by atoms with Crippen molar-refractivity contribution in [2.24, 2.45) is 5.92 Å². The first-order chi connectivity index (χ1) is 8.33. The predicted molar refractivity (Wildman–Crippen MR) is 66.6 cm³/mol. The summed E-state index contributed by atoms with van der Waals surface area (Å²) in [5, 5.41) is 0. The molecule has 1 saturated heterocycles. The molecular weight excluding hydrogens is 278 g/mol. The van der Waals surface area contributed by atoms with E-state index in [1.807, 2.05) is 19.1 Å². The first-order valence-electron chi connectivity index (χ1n) is 5.59. The maximum absolute atomic E-state index is 11.7. The Hall–Kier alpha value is -1.01. The number of carbonyl (C=O) groups excluding carboxylic acids is 1. The quantitative estimate of drug-likeness (QED) is 0.789. The Bertz CT molecular complexity index is 551. The molecule has 1 aliphatic heterocycles. The van der Waals surface area contributed by atoms with Crippen LogP contribution in [0.3, 0.4) is 0 Å². The first kappa shape index (κ1) is 13.4. The Morgan fingerprint density at radius 3 is 2.78 bits per heavy atom. The van der Waals surface area contributed by atoms with E-state index >= 15 is 0 Å². The standard InChI is InChI=1S/C11H14ClNO4S/c1-8-2-3-10(17-8)6-13-5-9(4-11(13)14)7-18(12,15)16/h2-3,9H,4-7H2,1H3. The average molecular weight is 292 g/mol. The van der Waals surface area contributed by atoms with E-state index < -0.39 is 9.05 Å². The van der Waals surface area contributed by atoms with Gasteiger partial charge in [0.15, 0.2) is 0 Å². The van der Waals surface area contributed by atoms with E-state index in [-0.39, 0.29) is 24.0 Å². The lowest BCUT2D eigenvalue weighted by atomic mass is 10.1. The Balaban J connectivity index is 1.97. The van der Waals surface area contributed by atoms with Crippen LogP contribution in [0.15, 0.2) is 16.5 Å². The Morgan fingerprint density at radius 1 is 1.50 bits per heavy atom. The summed E-state index contributed by atoms with van der Waals surface area (Å²) in [6, 6.07) is 3.64. The van der Waals surface area contributed by atoms with Crippen molar-refractivity contribution in [3.8, 4) is 0 Å². The zero-order valence-corrected chi connectivity index (χ0v) is 11.5. The summed E-state index contributed by atoms with van der Waals surface area (Å²) in [4.78, 5) is 13.3. The molecule has 1 aliphatic rings. The molecule has 0 saturated carbocycles. The first-order valence-corrected chi connectivity index (χ1v) is 8.07. The maximum Gasteiger partial charge on any atom is 0.232 e. The van der Waals surface area contributed by atoms with E-state index in [0.29, 0.717) is 18.8 Å². The minimum absolute atomic E-state index is 0.0608. The van der Waals surface area contributed by atoms with Gasteiger partial charge in [0.05, 0.1) is 12.3 Å². The summed E-state index contributed by atoms with van der Waals surface area (Å²) in [6.07, 6.45) is 0.228. The van der Waals surface area contributed by atoms with Crippen LogP contribution in [0, 0.1) is 12.8 Å². The molecule has 1 aromatic rings. The van der Waals surface area contributed by atoms with Crippen molar-refractivity contribution in [3.05, 3.63) is 23.7 Å². The lowest BCUT2D eigenvalue weighted by Gasteiger charge is -2.14. The van der Waals surface area contributed by atoms with Crippen LogP contribution in [0.5, 0.6) is 0 Å². The Morgan fingerprint density at radius 2 is 2.22 bits per heavy atom. The van der Waals surface area contributed by atoms with E-state index in [4.69, 9.17) is 15.1 Å². The van der Waals surface area contributed by atoms with Crippen LogP contribution >= 0.6 is 10.7 Å². The van der Waals surface area contributed by atoms with Gasteiger partial charge in [-0.2, -0.15) is 0 Å². The predicted octanol–water partition coefficient (Wildman–Crippen LogP) is 1.51. The van der Waals surface area contributed by atoms with Gasteiger partial charge >= 0.3 is 0 Å². The largest absolute Gasteiger partial charge is 0.464 e. The van der Waals surface area contributed by atoms with Crippen LogP contribution in [0.1, 0.15) is 17.9 Å². The highest BCUT2D eigenvalue weighted by Crippen LogP contribution is 2.23. The fraction of sp³-hybridized carbons (Fsp3) is 0.545. The third kappa shape index (κ3) is 3.49. The normalized spacial score (nSPS) is 20.7. The van der Waals surface area contributed by atoms with Crippen LogP contribution in [-0.4, -0.2) is 31.5 Å². The topological polar surface area (TPSA) is 67.6 Å². The molecule has 0 spiro atoms. The van der Waals surface area contributed by atoms with E-state index in [1.165, 1.54) is 0 Å². The van der Waals surface area contributed by atoms with Gasteiger partial charge in [-0.1, -0.05) is 0 Å². The second-order valence-electron chi connectivity index (χ2n) is 4.56. The molecule has 1 unspecified atom stereocenters. The molecule has 1 atom stereocenters. The van der Waals surface area contributed by atoms with Crippen molar-refractivity contribution in [3.63, 3.8) is 0 Å². The molecule has 7 heteroatoms. The van der Waals surface area contributed by atoms with Crippen molar-refractivity contribution >= 4 is 25.6 Å². The number of rotatable bonds is 4. The highest BCUT2D eigenvalue weighted by molar-refractivity contribution is 8.13. The number of hydrogen-bond donors (Lipinski definition) is 0. The monoisotopic (exact) mass is 291 g/mol. The summed E-state index contributed by atoms with van der Waals surface area (Å²) < 4.78 is 27.4. The zero-order chi connectivity index (χ0) is 13.3. The van der Waals surface area contributed by atoms with Gasteiger partial charge in [0, 0.05) is 29.6 Å². The molecule has 0 radical (unpaired) electrons. The van der Waals surface area contributed by atoms with Crippen LogP contribution in [0.2, 0.25) is 0 Å². The van der Waals surface area contributed by atoms with Crippen LogP contribution < -0.4 is 0 Å². The minimum Gasteiger partial charge on any atom is -0.464 e. The molecule has 18 heavy (non-hydrogen) atoms. The fourth-order valence-electron chi connectivity index (χ4n) is 2.16. The number of halogens is 1. The van der Waals surface area contributed by atoms with Gasteiger partial charge in [-0.25, -0.2) is 8.42 Å². The maximum atomic E-state index is 11.7. The summed E-state index contributed by atoms with van der Waals surface area (Å²) >= 11 is 0.